The molecular formula is C11H14ClNOSi. The summed E-state index contributed by atoms with van der Waals surface area (Å²) < 4.78 is 5.62. The van der Waals surface area contributed by atoms with Crippen LogP contribution in [0.15, 0.2) is 18.2 Å². The molecule has 80 valence electrons. The Bertz CT molecular complexity index is 393. The highest BCUT2D eigenvalue weighted by Gasteiger charge is 2.15. The zero-order chi connectivity index (χ0) is 11.5. The predicted octanol–water partition coefficient (Wildman–Crippen LogP) is 3.47. The highest BCUT2D eigenvalue weighted by molar-refractivity contribution is 6.76. The number of rotatable bonds is 3. The number of benzene rings is 1. The van der Waals surface area contributed by atoms with Gasteiger partial charge in [-0.15, -0.1) is 0 Å². The van der Waals surface area contributed by atoms with Crippen LogP contribution in [-0.2, 0) is 0 Å². The Labute approximate surface area is 96.4 Å². The molecule has 4 heteroatoms. The van der Waals surface area contributed by atoms with Crippen LogP contribution in [0.3, 0.4) is 0 Å². The van der Waals surface area contributed by atoms with Crippen molar-refractivity contribution in [3.8, 4) is 11.8 Å². The van der Waals surface area contributed by atoms with E-state index >= 15 is 0 Å². The minimum Gasteiger partial charge on any atom is -0.496 e. The van der Waals surface area contributed by atoms with Gasteiger partial charge >= 0.3 is 0 Å². The summed E-state index contributed by atoms with van der Waals surface area (Å²) in [6.45, 7) is 6.68. The molecule has 0 saturated heterocycles. The summed E-state index contributed by atoms with van der Waals surface area (Å²) in [7, 11) is -1.23. The van der Waals surface area contributed by atoms with E-state index in [-0.39, 0.29) is 0 Å². The number of nitrogens with zero attached hydrogens (tertiary/aromatic N) is 1. The lowest BCUT2D eigenvalue weighted by Crippen LogP contribution is -2.30. The van der Waals surface area contributed by atoms with Crippen molar-refractivity contribution in [2.45, 2.75) is 19.6 Å². The quantitative estimate of drug-likeness (QED) is 0.757. The molecule has 0 aliphatic heterocycles. The van der Waals surface area contributed by atoms with Crippen molar-refractivity contribution in [3.63, 3.8) is 0 Å². The van der Waals surface area contributed by atoms with Crippen LogP contribution in [-0.4, -0.2) is 14.3 Å². The van der Waals surface area contributed by atoms with Crippen LogP contribution in [0.4, 0.5) is 0 Å². The Balaban J connectivity index is 2.76. The van der Waals surface area contributed by atoms with Gasteiger partial charge in [-0.2, -0.15) is 5.26 Å². The van der Waals surface area contributed by atoms with Gasteiger partial charge in [-0.3, -0.25) is 0 Å². The second kappa shape index (κ2) is 4.69. The third-order valence-corrected chi connectivity index (χ3v) is 3.03. The van der Waals surface area contributed by atoms with Crippen molar-refractivity contribution >= 4 is 19.7 Å². The molecule has 0 unspecified atom stereocenters. The molecule has 0 atom stereocenters. The van der Waals surface area contributed by atoms with E-state index < -0.39 is 8.07 Å². The summed E-state index contributed by atoms with van der Waals surface area (Å²) in [6.07, 6.45) is 0.735. The molecule has 1 rings (SSSR count). The van der Waals surface area contributed by atoms with Crippen LogP contribution >= 0.6 is 11.6 Å². The molecule has 15 heavy (non-hydrogen) atoms. The second-order valence-corrected chi connectivity index (χ2v) is 10.4. The molecule has 1 aromatic rings. The summed E-state index contributed by atoms with van der Waals surface area (Å²) in [5.41, 5.74) is 0.556. The zero-order valence-electron chi connectivity index (χ0n) is 9.17. The largest absolute Gasteiger partial charge is 0.496 e. The van der Waals surface area contributed by atoms with E-state index in [1.54, 1.807) is 18.2 Å². The van der Waals surface area contributed by atoms with Gasteiger partial charge in [0.15, 0.2) is 0 Å². The monoisotopic (exact) mass is 239 g/mol. The van der Waals surface area contributed by atoms with Crippen molar-refractivity contribution < 1.29 is 4.74 Å². The van der Waals surface area contributed by atoms with E-state index in [2.05, 4.69) is 19.6 Å². The van der Waals surface area contributed by atoms with E-state index in [4.69, 9.17) is 21.6 Å². The van der Waals surface area contributed by atoms with Crippen LogP contribution < -0.4 is 4.74 Å². The lowest BCUT2D eigenvalue weighted by molar-refractivity contribution is 0.378. The lowest BCUT2D eigenvalue weighted by atomic mass is 10.2. The summed E-state index contributed by atoms with van der Waals surface area (Å²) in [5, 5.41) is 9.18. The normalized spacial score (nSPS) is 10.9. The minimum atomic E-state index is -1.23. The summed E-state index contributed by atoms with van der Waals surface area (Å²) >= 11 is 5.98. The van der Waals surface area contributed by atoms with Crippen molar-refractivity contribution in [3.05, 3.63) is 28.8 Å². The fourth-order valence-corrected chi connectivity index (χ4v) is 1.81. The summed E-state index contributed by atoms with van der Waals surface area (Å²) in [6, 6.07) is 7.13. The molecule has 0 saturated carbocycles. The molecule has 0 N–H and O–H groups in total. The van der Waals surface area contributed by atoms with Gasteiger partial charge in [-0.25, -0.2) is 0 Å². The maximum Gasteiger partial charge on any atom is 0.137 e. The molecule has 0 spiro atoms. The van der Waals surface area contributed by atoms with Crippen LogP contribution in [0.1, 0.15) is 5.56 Å². The molecule has 0 aliphatic carbocycles. The highest BCUT2D eigenvalue weighted by Crippen LogP contribution is 2.25. The first-order valence-electron chi connectivity index (χ1n) is 4.75. The molecule has 0 fully saturated rings. The Morgan fingerprint density at radius 2 is 2.07 bits per heavy atom. The third kappa shape index (κ3) is 3.94. The number of halogens is 1. The van der Waals surface area contributed by atoms with Crippen LogP contribution in [0.25, 0.3) is 0 Å². The molecule has 0 bridgehead atoms. The molecule has 0 radical (unpaired) electrons. The van der Waals surface area contributed by atoms with Gasteiger partial charge in [0.1, 0.15) is 5.75 Å². The van der Waals surface area contributed by atoms with E-state index in [9.17, 15) is 0 Å². The number of nitriles is 1. The van der Waals surface area contributed by atoms with Gasteiger partial charge in [0, 0.05) is 0 Å². The Hall–Kier alpha value is -0.983. The number of hydrogen-bond acceptors (Lipinski definition) is 2. The molecule has 0 aliphatic rings. The van der Waals surface area contributed by atoms with Crippen LogP contribution in [0, 0.1) is 11.3 Å². The zero-order valence-corrected chi connectivity index (χ0v) is 10.9. The van der Waals surface area contributed by atoms with Gasteiger partial charge in [0.25, 0.3) is 0 Å². The van der Waals surface area contributed by atoms with Gasteiger partial charge in [0.2, 0.25) is 0 Å². The Morgan fingerprint density at radius 3 is 2.53 bits per heavy atom. The molecule has 0 amide bonds. The molecule has 2 nitrogen and oxygen atoms in total. The summed E-state index contributed by atoms with van der Waals surface area (Å²) in [4.78, 5) is 0. The maximum absolute atomic E-state index is 8.67. The number of hydrogen-bond donors (Lipinski definition) is 0. The van der Waals surface area contributed by atoms with Gasteiger partial charge in [-0.05, 0) is 18.2 Å². The van der Waals surface area contributed by atoms with E-state index in [1.807, 2.05) is 6.07 Å². The van der Waals surface area contributed by atoms with Gasteiger partial charge in [-0.1, -0.05) is 31.2 Å². The minimum absolute atomic E-state index is 0.507. The first-order chi connectivity index (χ1) is 6.92. The number of ether oxygens (including phenoxy) is 1. The lowest BCUT2D eigenvalue weighted by Gasteiger charge is -2.17. The van der Waals surface area contributed by atoms with E-state index in [0.717, 1.165) is 6.23 Å². The van der Waals surface area contributed by atoms with Crippen LogP contribution in [0.2, 0.25) is 24.7 Å². The maximum atomic E-state index is 8.67. The summed E-state index contributed by atoms with van der Waals surface area (Å²) in [5.74, 6) is 0.665. The average molecular weight is 240 g/mol. The van der Waals surface area contributed by atoms with Crippen molar-refractivity contribution in [2.75, 3.05) is 6.23 Å². The van der Waals surface area contributed by atoms with Gasteiger partial charge < -0.3 is 4.74 Å². The SMILES string of the molecule is C[Si](C)(C)COc1ccc(C#N)cc1Cl. The molecule has 0 heterocycles. The molecular weight excluding hydrogens is 226 g/mol. The highest BCUT2D eigenvalue weighted by atomic mass is 35.5. The Morgan fingerprint density at radius 1 is 1.40 bits per heavy atom. The molecule has 0 aromatic heterocycles. The van der Waals surface area contributed by atoms with E-state index in [0.29, 0.717) is 16.3 Å². The Kier molecular flexibility index (Phi) is 3.78. The van der Waals surface area contributed by atoms with E-state index in [1.165, 1.54) is 0 Å². The fraction of sp³-hybridized carbons (Fsp3) is 0.364. The first-order valence-corrected chi connectivity index (χ1v) is 8.83. The standard InChI is InChI=1S/C11H14ClNOSi/c1-15(2,3)8-14-11-5-4-9(7-13)6-10(11)12/h4-6H,8H2,1-3H3. The van der Waals surface area contributed by atoms with Crippen molar-refractivity contribution in [2.24, 2.45) is 0 Å². The van der Waals surface area contributed by atoms with Crippen molar-refractivity contribution in [1.29, 1.82) is 5.26 Å². The van der Waals surface area contributed by atoms with Gasteiger partial charge in [0.05, 0.1) is 31.0 Å². The second-order valence-electron chi connectivity index (χ2n) is 4.61. The fourth-order valence-electron chi connectivity index (χ4n) is 0.982. The smallest absolute Gasteiger partial charge is 0.137 e. The van der Waals surface area contributed by atoms with Crippen LogP contribution in [0.5, 0.6) is 5.75 Å². The predicted molar refractivity (Wildman–Crippen MR) is 65.0 cm³/mol. The van der Waals surface area contributed by atoms with Crippen molar-refractivity contribution in [1.82, 2.24) is 0 Å². The topological polar surface area (TPSA) is 33.0 Å². The third-order valence-electron chi connectivity index (χ3n) is 1.72. The first kappa shape index (κ1) is 12.1. The average Bonchev–Trinajstić information content (AvgIpc) is 2.14. The molecule has 1 aromatic carbocycles.